The number of hydrogen-bond acceptors (Lipinski definition) is 5. The molecule has 0 amide bonds. The Kier molecular flexibility index (Phi) is 10.4. The highest BCUT2D eigenvalue weighted by atomic mass is 16.5. The number of ether oxygens (including phenoxy) is 1. The summed E-state index contributed by atoms with van der Waals surface area (Å²) in [5, 5.41) is 3.18. The number of rotatable bonds is 4. The van der Waals surface area contributed by atoms with Gasteiger partial charge in [-0.05, 0) is 36.4 Å². The van der Waals surface area contributed by atoms with Crippen LogP contribution in [0.1, 0.15) is 5.56 Å². The summed E-state index contributed by atoms with van der Waals surface area (Å²) in [6.45, 7) is 2.00. The first-order valence-corrected chi connectivity index (χ1v) is 8.98. The van der Waals surface area contributed by atoms with Gasteiger partial charge in [-0.2, -0.15) is 0 Å². The molecule has 3 aromatic rings. The molecule has 6 nitrogen and oxygen atoms in total. The molecule has 0 bridgehead atoms. The number of nitrogens with two attached hydrogens (primary N) is 1. The molecule has 0 aliphatic heterocycles. The second kappa shape index (κ2) is 12.8. The van der Waals surface area contributed by atoms with Crippen molar-refractivity contribution in [1.29, 1.82) is 0 Å². The molecule has 0 aliphatic rings. The maximum Gasteiger partial charge on any atom is 0.128 e. The van der Waals surface area contributed by atoms with Crippen LogP contribution in [-0.4, -0.2) is 45.9 Å². The van der Waals surface area contributed by atoms with E-state index in [4.69, 9.17) is 9.53 Å². The minimum Gasteiger partial charge on any atom is -0.496 e. The van der Waals surface area contributed by atoms with Crippen molar-refractivity contribution in [3.63, 3.8) is 0 Å². The number of methoxy groups -OCH3 is 1. The third kappa shape index (κ3) is 5.73. The minimum atomic E-state index is 0.829. The Labute approximate surface area is 172 Å². The fraction of sp³-hybridized carbons (Fsp3) is 0.174. The summed E-state index contributed by atoms with van der Waals surface area (Å²) in [4.78, 5) is 16.6. The van der Waals surface area contributed by atoms with E-state index in [9.17, 15) is 0 Å². The van der Waals surface area contributed by atoms with Gasteiger partial charge in [0.25, 0.3) is 0 Å². The Hall–Kier alpha value is -3.51. The Balaban J connectivity index is 0.000000989. The largest absolute Gasteiger partial charge is 0.496 e. The second-order valence-electron chi connectivity index (χ2n) is 5.52. The molecule has 0 atom stereocenters. The number of hydrogen-bond donors (Lipinski definition) is 2. The molecule has 0 fully saturated rings. The first-order chi connectivity index (χ1) is 14.3. The molecule has 1 heterocycles. The van der Waals surface area contributed by atoms with Crippen LogP contribution in [0.3, 0.4) is 0 Å². The number of benzene rings is 2. The third-order valence-electron chi connectivity index (χ3n) is 4.13. The Morgan fingerprint density at radius 1 is 1.03 bits per heavy atom. The van der Waals surface area contributed by atoms with E-state index in [1.165, 1.54) is 7.05 Å². The number of aromatic nitrogens is 1. The van der Waals surface area contributed by atoms with Crippen molar-refractivity contribution in [2.45, 2.75) is 0 Å². The van der Waals surface area contributed by atoms with Gasteiger partial charge >= 0.3 is 0 Å². The lowest BCUT2D eigenvalue weighted by Crippen LogP contribution is -2.20. The number of pyridine rings is 1. The molecule has 0 saturated heterocycles. The zero-order valence-electron chi connectivity index (χ0n) is 17.3. The quantitative estimate of drug-likeness (QED) is 0.525. The highest BCUT2D eigenvalue weighted by Gasteiger charge is 2.13. The lowest BCUT2D eigenvalue weighted by Gasteiger charge is -2.15. The van der Waals surface area contributed by atoms with Gasteiger partial charge in [-0.1, -0.05) is 36.4 Å². The smallest absolute Gasteiger partial charge is 0.128 e. The molecule has 2 aromatic carbocycles. The van der Waals surface area contributed by atoms with E-state index in [2.05, 4.69) is 51.4 Å². The van der Waals surface area contributed by atoms with Crippen molar-refractivity contribution >= 4 is 12.6 Å². The summed E-state index contributed by atoms with van der Waals surface area (Å²) >= 11 is 0. The van der Waals surface area contributed by atoms with Gasteiger partial charge in [0.05, 0.1) is 7.11 Å². The molecule has 0 unspecified atom stereocenters. The summed E-state index contributed by atoms with van der Waals surface area (Å²) < 4.78 is 5.51. The van der Waals surface area contributed by atoms with Gasteiger partial charge in [-0.15, -0.1) is 0 Å². The van der Waals surface area contributed by atoms with E-state index < -0.39 is 0 Å². The molecular formula is C23H28N4O2. The van der Waals surface area contributed by atoms with Gasteiger partial charge in [0.1, 0.15) is 18.4 Å². The number of carbonyl (C=O) groups is 1. The van der Waals surface area contributed by atoms with Gasteiger partial charge in [-0.25, -0.2) is 0 Å². The number of para-hydroxylation sites is 1. The van der Waals surface area contributed by atoms with Crippen LogP contribution in [0.5, 0.6) is 5.75 Å². The lowest BCUT2D eigenvalue weighted by molar-refractivity contribution is -0.0979. The standard InChI is InChI=1S/C21H21N3O.CH5N.CH2O/c1-22-21(23-2)19-13-15(18-8-4-5-9-20(18)25-3)10-11-17(19)16-7-6-12-24-14-16;2*1-2/h4-14H,1-3H3,(H,22,23);2H2,1H3;1H2. The summed E-state index contributed by atoms with van der Waals surface area (Å²) in [7, 11) is 6.86. The third-order valence-corrected chi connectivity index (χ3v) is 4.13. The van der Waals surface area contributed by atoms with Crippen LogP contribution < -0.4 is 15.8 Å². The van der Waals surface area contributed by atoms with Crippen molar-refractivity contribution in [2.24, 2.45) is 10.7 Å². The molecule has 3 rings (SSSR count). The maximum atomic E-state index is 8.00. The van der Waals surface area contributed by atoms with Gasteiger partial charge in [0, 0.05) is 43.2 Å². The molecule has 0 spiro atoms. The zero-order chi connectivity index (χ0) is 21.6. The number of aliphatic imine (C=N–C) groups is 1. The predicted octanol–water partition coefficient (Wildman–Crippen LogP) is 3.41. The van der Waals surface area contributed by atoms with Crippen LogP contribution in [0.25, 0.3) is 22.3 Å². The normalized spacial score (nSPS) is 10.0. The molecule has 0 aliphatic carbocycles. The molecular weight excluding hydrogens is 364 g/mol. The van der Waals surface area contributed by atoms with Gasteiger partial charge < -0.3 is 20.6 Å². The van der Waals surface area contributed by atoms with E-state index in [-0.39, 0.29) is 0 Å². The first-order valence-electron chi connectivity index (χ1n) is 8.98. The predicted molar refractivity (Wildman–Crippen MR) is 120 cm³/mol. The molecule has 6 heteroatoms. The monoisotopic (exact) mass is 392 g/mol. The highest BCUT2D eigenvalue weighted by molar-refractivity contribution is 6.05. The SMILES string of the molecule is C=O.CN.CN=C(NC)c1cc(-c2ccccc2OC)ccc1-c1cccnc1. The van der Waals surface area contributed by atoms with Crippen LogP contribution in [0.2, 0.25) is 0 Å². The van der Waals surface area contributed by atoms with E-state index in [0.29, 0.717) is 0 Å². The molecule has 0 saturated carbocycles. The summed E-state index contributed by atoms with van der Waals surface area (Å²) in [6.07, 6.45) is 3.64. The van der Waals surface area contributed by atoms with Gasteiger partial charge in [0.2, 0.25) is 0 Å². The summed E-state index contributed by atoms with van der Waals surface area (Å²) in [6, 6.07) is 18.4. The topological polar surface area (TPSA) is 89.6 Å². The molecule has 152 valence electrons. The Morgan fingerprint density at radius 2 is 1.76 bits per heavy atom. The minimum absolute atomic E-state index is 0.829. The second-order valence-corrected chi connectivity index (χ2v) is 5.52. The van der Waals surface area contributed by atoms with Gasteiger partial charge in [-0.3, -0.25) is 9.98 Å². The zero-order valence-corrected chi connectivity index (χ0v) is 17.3. The number of nitrogens with one attached hydrogen (secondary N) is 1. The number of nitrogens with zero attached hydrogens (tertiary/aromatic N) is 2. The maximum absolute atomic E-state index is 8.00. The molecule has 1 aromatic heterocycles. The summed E-state index contributed by atoms with van der Waals surface area (Å²) in [5.41, 5.74) is 9.80. The van der Waals surface area contributed by atoms with Crippen LogP contribution >= 0.6 is 0 Å². The van der Waals surface area contributed by atoms with Crippen molar-refractivity contribution < 1.29 is 9.53 Å². The van der Waals surface area contributed by atoms with Crippen LogP contribution in [-0.2, 0) is 4.79 Å². The van der Waals surface area contributed by atoms with Crippen LogP contribution in [0.15, 0.2) is 72.0 Å². The van der Waals surface area contributed by atoms with Crippen molar-refractivity contribution in [3.8, 4) is 28.0 Å². The molecule has 29 heavy (non-hydrogen) atoms. The average Bonchev–Trinajstić information content (AvgIpc) is 2.83. The average molecular weight is 393 g/mol. The van der Waals surface area contributed by atoms with E-state index in [1.54, 1.807) is 20.4 Å². The Morgan fingerprint density at radius 3 is 2.34 bits per heavy atom. The molecule has 3 N–H and O–H groups in total. The summed E-state index contributed by atoms with van der Waals surface area (Å²) in [5.74, 6) is 1.68. The van der Waals surface area contributed by atoms with E-state index in [1.807, 2.05) is 44.3 Å². The fourth-order valence-electron chi connectivity index (χ4n) is 2.93. The molecule has 0 radical (unpaired) electrons. The van der Waals surface area contributed by atoms with Gasteiger partial charge in [0.15, 0.2) is 0 Å². The van der Waals surface area contributed by atoms with Crippen molar-refractivity contribution in [1.82, 2.24) is 10.3 Å². The van der Waals surface area contributed by atoms with Crippen LogP contribution in [0.4, 0.5) is 0 Å². The lowest BCUT2D eigenvalue weighted by atomic mass is 9.94. The Bertz CT molecular complexity index is 912. The fourth-order valence-corrected chi connectivity index (χ4v) is 2.93. The number of carbonyl (C=O) groups excluding carboxylic acids is 1. The first kappa shape index (κ1) is 23.5. The van der Waals surface area contributed by atoms with E-state index in [0.717, 1.165) is 39.4 Å². The number of amidine groups is 1. The van der Waals surface area contributed by atoms with Crippen molar-refractivity contribution in [3.05, 3.63) is 72.6 Å². The van der Waals surface area contributed by atoms with Crippen LogP contribution in [0, 0.1) is 0 Å². The van der Waals surface area contributed by atoms with E-state index >= 15 is 0 Å². The van der Waals surface area contributed by atoms with Crippen molar-refractivity contribution in [2.75, 3.05) is 28.3 Å². The highest BCUT2D eigenvalue weighted by Crippen LogP contribution is 2.33.